The molecule has 1 N–H and O–H groups in total. The summed E-state index contributed by atoms with van der Waals surface area (Å²) in [7, 11) is -2.21. The minimum absolute atomic E-state index is 0.0988. The smallest absolute Gasteiger partial charge is 0.264 e. The maximum Gasteiger partial charge on any atom is 0.264 e. The molecule has 27 heavy (non-hydrogen) atoms. The number of thioether (sulfide) groups is 1. The molecule has 0 fully saturated rings. The van der Waals surface area contributed by atoms with Crippen LogP contribution in [0.3, 0.4) is 0 Å². The molecular formula is C19H22N2O4S2. The summed E-state index contributed by atoms with van der Waals surface area (Å²) in [4.78, 5) is 13.1. The van der Waals surface area contributed by atoms with E-state index in [0.29, 0.717) is 22.9 Å². The van der Waals surface area contributed by atoms with Crippen LogP contribution in [0.1, 0.15) is 13.8 Å². The van der Waals surface area contributed by atoms with Crippen LogP contribution in [0.4, 0.5) is 11.4 Å². The van der Waals surface area contributed by atoms with Gasteiger partial charge in [0, 0.05) is 23.1 Å². The number of sulfonamides is 1. The van der Waals surface area contributed by atoms with Crippen molar-refractivity contribution in [3.8, 4) is 5.75 Å². The van der Waals surface area contributed by atoms with E-state index in [1.54, 1.807) is 68.3 Å². The quantitative estimate of drug-likeness (QED) is 0.821. The fraction of sp³-hybridized carbons (Fsp3) is 0.316. The molecule has 0 radical (unpaired) electrons. The van der Waals surface area contributed by atoms with Crippen LogP contribution in [0.25, 0.3) is 0 Å². The van der Waals surface area contributed by atoms with Gasteiger partial charge in [0.2, 0.25) is 5.91 Å². The maximum absolute atomic E-state index is 13.2. The average molecular weight is 407 g/mol. The van der Waals surface area contributed by atoms with Crippen molar-refractivity contribution in [2.24, 2.45) is 5.92 Å². The van der Waals surface area contributed by atoms with Gasteiger partial charge >= 0.3 is 0 Å². The zero-order chi connectivity index (χ0) is 19.6. The number of ether oxygens (including phenoxy) is 1. The van der Waals surface area contributed by atoms with Crippen LogP contribution in [0.5, 0.6) is 5.75 Å². The first-order valence-corrected chi connectivity index (χ1v) is 11.0. The first kappa shape index (κ1) is 19.6. The molecule has 3 rings (SSSR count). The van der Waals surface area contributed by atoms with Crippen LogP contribution in [-0.4, -0.2) is 33.7 Å². The van der Waals surface area contributed by atoms with Crippen LogP contribution < -0.4 is 14.4 Å². The maximum atomic E-state index is 13.2. The van der Waals surface area contributed by atoms with Gasteiger partial charge in [-0.2, -0.15) is 0 Å². The van der Waals surface area contributed by atoms with Crippen molar-refractivity contribution in [3.05, 3.63) is 42.5 Å². The number of carbonyl (C=O) groups excluding carboxylic acids is 1. The number of amides is 1. The highest BCUT2D eigenvalue weighted by Gasteiger charge is 2.27. The third kappa shape index (κ3) is 3.91. The second-order valence-corrected chi connectivity index (χ2v) is 9.15. The lowest BCUT2D eigenvalue weighted by Gasteiger charge is -2.23. The molecule has 2 aromatic carbocycles. The van der Waals surface area contributed by atoms with Crippen LogP contribution in [-0.2, 0) is 14.8 Å². The SMILES string of the molecule is CCN(c1ccc(OC)cc1)S(=O)(=O)c1ccc2c(c1)NC(=O)[C@H](C)CS2. The zero-order valence-corrected chi connectivity index (χ0v) is 17.1. The standard InChI is InChI=1S/C19H22N2O4S2/c1-4-21(14-5-7-15(25-3)8-6-14)27(23,24)16-9-10-18-17(11-16)20-19(22)13(2)12-26-18/h5-11,13H,4,12H2,1-3H3,(H,20,22)/t13-/m1/s1. The van der Waals surface area contributed by atoms with Gasteiger partial charge in [-0.25, -0.2) is 8.42 Å². The fourth-order valence-corrected chi connectivity index (χ4v) is 5.32. The predicted molar refractivity (Wildman–Crippen MR) is 108 cm³/mol. The van der Waals surface area contributed by atoms with Crippen molar-refractivity contribution in [1.29, 1.82) is 0 Å². The summed E-state index contributed by atoms with van der Waals surface area (Å²) >= 11 is 1.55. The summed E-state index contributed by atoms with van der Waals surface area (Å²) in [6.45, 7) is 3.92. The average Bonchev–Trinajstić information content (AvgIpc) is 2.81. The molecule has 1 atom stereocenters. The molecule has 1 aliphatic heterocycles. The van der Waals surface area contributed by atoms with Crippen molar-refractivity contribution >= 4 is 39.1 Å². The summed E-state index contributed by atoms with van der Waals surface area (Å²) in [6.07, 6.45) is 0. The highest BCUT2D eigenvalue weighted by atomic mass is 32.2. The lowest BCUT2D eigenvalue weighted by molar-refractivity contribution is -0.118. The highest BCUT2D eigenvalue weighted by molar-refractivity contribution is 7.99. The number of hydrogen-bond acceptors (Lipinski definition) is 5. The van der Waals surface area contributed by atoms with E-state index in [9.17, 15) is 13.2 Å². The van der Waals surface area contributed by atoms with Crippen molar-refractivity contribution in [1.82, 2.24) is 0 Å². The predicted octanol–water partition coefficient (Wildman–Crippen LogP) is 3.59. The third-order valence-corrected chi connectivity index (χ3v) is 7.61. The summed E-state index contributed by atoms with van der Waals surface area (Å²) in [5.74, 6) is 1.09. The Kier molecular flexibility index (Phi) is 5.67. The van der Waals surface area contributed by atoms with E-state index in [2.05, 4.69) is 5.32 Å². The van der Waals surface area contributed by atoms with Gasteiger partial charge in [0.15, 0.2) is 0 Å². The van der Waals surface area contributed by atoms with Gasteiger partial charge in [-0.05, 0) is 49.4 Å². The molecule has 0 spiro atoms. The Bertz CT molecular complexity index is 943. The molecule has 1 amide bonds. The van der Waals surface area contributed by atoms with Gasteiger partial charge in [0.05, 0.1) is 23.4 Å². The van der Waals surface area contributed by atoms with Gasteiger partial charge in [0.25, 0.3) is 10.0 Å². The van der Waals surface area contributed by atoms with Crippen molar-refractivity contribution < 1.29 is 17.9 Å². The van der Waals surface area contributed by atoms with E-state index >= 15 is 0 Å². The van der Waals surface area contributed by atoms with Crippen LogP contribution in [0.2, 0.25) is 0 Å². The topological polar surface area (TPSA) is 75.7 Å². The number of rotatable bonds is 5. The number of methoxy groups -OCH3 is 1. The lowest BCUT2D eigenvalue weighted by atomic mass is 10.2. The number of nitrogens with one attached hydrogen (secondary N) is 1. The minimum Gasteiger partial charge on any atom is -0.497 e. The van der Waals surface area contributed by atoms with E-state index in [1.165, 1.54) is 4.31 Å². The minimum atomic E-state index is -3.77. The Hall–Kier alpha value is -2.19. The molecule has 6 nitrogen and oxygen atoms in total. The van der Waals surface area contributed by atoms with E-state index in [1.807, 2.05) is 6.92 Å². The Morgan fingerprint density at radius 1 is 1.22 bits per heavy atom. The second-order valence-electron chi connectivity index (χ2n) is 6.23. The molecule has 1 aliphatic rings. The summed E-state index contributed by atoms with van der Waals surface area (Å²) in [5.41, 5.74) is 1.10. The fourth-order valence-electron chi connectivity index (χ4n) is 2.81. The summed E-state index contributed by atoms with van der Waals surface area (Å²) in [6, 6.07) is 11.8. The van der Waals surface area contributed by atoms with Crippen molar-refractivity contribution in [2.45, 2.75) is 23.6 Å². The van der Waals surface area contributed by atoms with Crippen LogP contribution >= 0.6 is 11.8 Å². The van der Waals surface area contributed by atoms with Crippen molar-refractivity contribution in [3.63, 3.8) is 0 Å². The van der Waals surface area contributed by atoms with E-state index in [4.69, 9.17) is 4.74 Å². The number of benzene rings is 2. The molecule has 0 aliphatic carbocycles. The molecule has 1 heterocycles. The Morgan fingerprint density at radius 3 is 2.56 bits per heavy atom. The molecule has 144 valence electrons. The van der Waals surface area contributed by atoms with Crippen molar-refractivity contribution in [2.75, 3.05) is 29.0 Å². The first-order chi connectivity index (χ1) is 12.9. The van der Waals surface area contributed by atoms with E-state index in [0.717, 1.165) is 4.90 Å². The molecular weight excluding hydrogens is 384 g/mol. The monoisotopic (exact) mass is 406 g/mol. The third-order valence-electron chi connectivity index (χ3n) is 4.38. The number of nitrogens with zero attached hydrogens (tertiary/aromatic N) is 1. The Morgan fingerprint density at radius 2 is 1.93 bits per heavy atom. The number of carbonyl (C=O) groups is 1. The number of fused-ring (bicyclic) bond motifs is 1. The zero-order valence-electron chi connectivity index (χ0n) is 15.4. The van der Waals surface area contributed by atoms with E-state index in [-0.39, 0.29) is 23.3 Å². The lowest BCUT2D eigenvalue weighted by Crippen LogP contribution is -2.30. The molecule has 2 aromatic rings. The normalized spacial score (nSPS) is 16.9. The van der Waals surface area contributed by atoms with Gasteiger partial charge in [0.1, 0.15) is 5.75 Å². The number of anilines is 2. The highest BCUT2D eigenvalue weighted by Crippen LogP contribution is 2.35. The van der Waals surface area contributed by atoms with Crippen LogP contribution in [0, 0.1) is 5.92 Å². The molecule has 0 aromatic heterocycles. The summed E-state index contributed by atoms with van der Waals surface area (Å²) < 4.78 is 32.9. The van der Waals surface area contributed by atoms with Gasteiger partial charge in [-0.3, -0.25) is 9.10 Å². The number of hydrogen-bond donors (Lipinski definition) is 1. The van der Waals surface area contributed by atoms with Gasteiger partial charge in [-0.1, -0.05) is 6.92 Å². The molecule has 0 unspecified atom stereocenters. The van der Waals surface area contributed by atoms with Crippen LogP contribution in [0.15, 0.2) is 52.3 Å². The van der Waals surface area contributed by atoms with Gasteiger partial charge in [-0.15, -0.1) is 11.8 Å². The molecule has 0 saturated carbocycles. The molecule has 8 heteroatoms. The Balaban J connectivity index is 1.98. The molecule has 0 saturated heterocycles. The second kappa shape index (κ2) is 7.82. The first-order valence-electron chi connectivity index (χ1n) is 8.61. The van der Waals surface area contributed by atoms with E-state index < -0.39 is 10.0 Å². The summed E-state index contributed by atoms with van der Waals surface area (Å²) in [5, 5.41) is 2.84. The Labute approximate surface area is 164 Å². The molecule has 0 bridgehead atoms. The van der Waals surface area contributed by atoms with Gasteiger partial charge < -0.3 is 10.1 Å². The largest absolute Gasteiger partial charge is 0.497 e.